The van der Waals surface area contributed by atoms with Crippen molar-refractivity contribution in [2.24, 2.45) is 0 Å². The Labute approximate surface area is 157 Å². The summed E-state index contributed by atoms with van der Waals surface area (Å²) in [7, 11) is 0. The Kier molecular flexibility index (Phi) is 5.59. The zero-order valence-corrected chi connectivity index (χ0v) is 15.4. The predicted molar refractivity (Wildman–Crippen MR) is 102 cm³/mol. The molecule has 26 heavy (non-hydrogen) atoms. The SMILES string of the molecule is CCCCC(O)(Cc1cn(-c2cc(Cl)ccc2O)nn1)c1ccccc1. The Morgan fingerprint density at radius 2 is 1.92 bits per heavy atom. The van der Waals surface area contributed by atoms with Crippen LogP contribution < -0.4 is 0 Å². The van der Waals surface area contributed by atoms with E-state index in [1.165, 1.54) is 10.7 Å². The van der Waals surface area contributed by atoms with E-state index >= 15 is 0 Å². The van der Waals surface area contributed by atoms with Crippen molar-refractivity contribution in [3.8, 4) is 11.4 Å². The van der Waals surface area contributed by atoms with Gasteiger partial charge in [-0.1, -0.05) is 66.9 Å². The number of aromatic hydroxyl groups is 1. The largest absolute Gasteiger partial charge is 0.506 e. The number of hydrogen-bond acceptors (Lipinski definition) is 4. The van der Waals surface area contributed by atoms with Gasteiger partial charge in [-0.15, -0.1) is 5.10 Å². The maximum absolute atomic E-state index is 11.3. The molecule has 3 aromatic rings. The molecule has 3 rings (SSSR count). The van der Waals surface area contributed by atoms with Gasteiger partial charge in [0.25, 0.3) is 0 Å². The second-order valence-electron chi connectivity index (χ2n) is 6.47. The number of halogens is 1. The fourth-order valence-corrected chi connectivity index (χ4v) is 3.20. The van der Waals surface area contributed by atoms with Crippen LogP contribution in [0.1, 0.15) is 37.4 Å². The van der Waals surface area contributed by atoms with Gasteiger partial charge in [0.2, 0.25) is 0 Å². The highest BCUT2D eigenvalue weighted by Crippen LogP contribution is 2.31. The Morgan fingerprint density at radius 3 is 2.65 bits per heavy atom. The summed E-state index contributed by atoms with van der Waals surface area (Å²) in [6, 6.07) is 14.4. The molecule has 0 aliphatic carbocycles. The van der Waals surface area contributed by atoms with Crippen molar-refractivity contribution in [3.63, 3.8) is 0 Å². The van der Waals surface area contributed by atoms with E-state index in [9.17, 15) is 10.2 Å². The first kappa shape index (κ1) is 18.4. The summed E-state index contributed by atoms with van der Waals surface area (Å²) < 4.78 is 1.47. The van der Waals surface area contributed by atoms with Crippen molar-refractivity contribution in [2.45, 2.75) is 38.2 Å². The first-order valence-electron chi connectivity index (χ1n) is 8.70. The lowest BCUT2D eigenvalue weighted by molar-refractivity contribution is 0.0244. The average Bonchev–Trinajstić information content (AvgIpc) is 3.11. The molecule has 0 bridgehead atoms. The van der Waals surface area contributed by atoms with E-state index < -0.39 is 5.60 Å². The molecular formula is C20H22ClN3O2. The Hall–Kier alpha value is -2.37. The van der Waals surface area contributed by atoms with E-state index in [4.69, 9.17) is 11.6 Å². The Bertz CT molecular complexity index is 867. The number of hydrogen-bond donors (Lipinski definition) is 2. The molecule has 0 aliphatic heterocycles. The lowest BCUT2D eigenvalue weighted by atomic mass is 9.85. The maximum Gasteiger partial charge on any atom is 0.141 e. The van der Waals surface area contributed by atoms with Gasteiger partial charge >= 0.3 is 0 Å². The molecule has 1 heterocycles. The number of phenols is 1. The minimum Gasteiger partial charge on any atom is -0.506 e. The number of phenolic OH excluding ortho intramolecular Hbond substituents is 1. The van der Waals surface area contributed by atoms with Gasteiger partial charge in [0.1, 0.15) is 11.4 Å². The number of unbranched alkanes of at least 4 members (excludes halogenated alkanes) is 1. The molecule has 5 nitrogen and oxygen atoms in total. The number of aromatic nitrogens is 3. The summed E-state index contributed by atoms with van der Waals surface area (Å²) >= 11 is 6.00. The fourth-order valence-electron chi connectivity index (χ4n) is 3.03. The highest BCUT2D eigenvalue weighted by molar-refractivity contribution is 6.30. The van der Waals surface area contributed by atoms with E-state index in [-0.39, 0.29) is 5.75 Å². The van der Waals surface area contributed by atoms with Crippen LogP contribution in [-0.2, 0) is 12.0 Å². The zero-order valence-electron chi connectivity index (χ0n) is 14.6. The molecular weight excluding hydrogens is 350 g/mol. The summed E-state index contributed by atoms with van der Waals surface area (Å²) in [4.78, 5) is 0. The van der Waals surface area contributed by atoms with Crippen LogP contribution in [0, 0.1) is 0 Å². The normalized spacial score (nSPS) is 13.5. The van der Waals surface area contributed by atoms with Crippen LogP contribution in [0.3, 0.4) is 0 Å². The van der Waals surface area contributed by atoms with E-state index in [1.807, 2.05) is 30.3 Å². The first-order chi connectivity index (χ1) is 12.5. The van der Waals surface area contributed by atoms with Gasteiger partial charge in [0.15, 0.2) is 0 Å². The minimum atomic E-state index is -1.01. The van der Waals surface area contributed by atoms with Crippen molar-refractivity contribution < 1.29 is 10.2 Å². The highest BCUT2D eigenvalue weighted by atomic mass is 35.5. The molecule has 0 radical (unpaired) electrons. The Morgan fingerprint density at radius 1 is 1.15 bits per heavy atom. The molecule has 1 atom stereocenters. The molecule has 1 unspecified atom stereocenters. The molecule has 0 saturated heterocycles. The molecule has 0 fully saturated rings. The van der Waals surface area contributed by atoms with Crippen LogP contribution in [-0.4, -0.2) is 25.2 Å². The van der Waals surface area contributed by atoms with Crippen LogP contribution >= 0.6 is 11.6 Å². The molecule has 0 aliphatic rings. The van der Waals surface area contributed by atoms with Crippen molar-refractivity contribution in [1.29, 1.82) is 0 Å². The van der Waals surface area contributed by atoms with Gasteiger partial charge in [0, 0.05) is 11.4 Å². The molecule has 2 aromatic carbocycles. The third kappa shape index (κ3) is 4.06. The highest BCUT2D eigenvalue weighted by Gasteiger charge is 2.30. The van der Waals surface area contributed by atoms with Crippen molar-refractivity contribution >= 4 is 11.6 Å². The summed E-state index contributed by atoms with van der Waals surface area (Å²) in [6.07, 6.45) is 4.61. The molecule has 6 heteroatoms. The number of rotatable bonds is 7. The quantitative estimate of drug-likeness (QED) is 0.651. The van der Waals surface area contributed by atoms with Crippen molar-refractivity contribution in [2.75, 3.05) is 0 Å². The molecule has 0 amide bonds. The number of aliphatic hydroxyl groups is 1. The third-order valence-corrected chi connectivity index (χ3v) is 4.69. The predicted octanol–water partition coefficient (Wildman–Crippen LogP) is 4.25. The Balaban J connectivity index is 1.89. The topological polar surface area (TPSA) is 71.2 Å². The third-order valence-electron chi connectivity index (χ3n) is 4.45. The van der Waals surface area contributed by atoms with E-state index in [2.05, 4.69) is 17.2 Å². The van der Waals surface area contributed by atoms with Crippen LogP contribution in [0.15, 0.2) is 54.7 Å². The second kappa shape index (κ2) is 7.89. The average molecular weight is 372 g/mol. The van der Waals surface area contributed by atoms with Crippen molar-refractivity contribution in [3.05, 3.63) is 71.0 Å². The number of benzene rings is 2. The van der Waals surface area contributed by atoms with E-state index in [0.717, 1.165) is 18.4 Å². The summed E-state index contributed by atoms with van der Waals surface area (Å²) in [5.41, 5.74) is 0.961. The minimum absolute atomic E-state index is 0.0650. The van der Waals surface area contributed by atoms with Crippen LogP contribution in [0.25, 0.3) is 5.69 Å². The van der Waals surface area contributed by atoms with Crippen LogP contribution in [0.2, 0.25) is 5.02 Å². The second-order valence-corrected chi connectivity index (χ2v) is 6.90. The molecule has 2 N–H and O–H groups in total. The smallest absolute Gasteiger partial charge is 0.141 e. The van der Waals surface area contributed by atoms with Gasteiger partial charge in [-0.05, 0) is 30.2 Å². The van der Waals surface area contributed by atoms with Crippen molar-refractivity contribution in [1.82, 2.24) is 15.0 Å². The molecule has 0 spiro atoms. The summed E-state index contributed by atoms with van der Waals surface area (Å²) in [6.45, 7) is 2.10. The summed E-state index contributed by atoms with van der Waals surface area (Å²) in [5, 5.41) is 30.1. The lowest BCUT2D eigenvalue weighted by Crippen LogP contribution is -2.28. The standard InChI is InChI=1S/C20H22ClN3O2/c1-2-3-11-20(26,15-7-5-4-6-8-15)13-17-14-24(23-22-17)18-12-16(21)9-10-19(18)25/h4-10,12,14,25-26H,2-3,11,13H2,1H3. The van der Waals surface area contributed by atoms with Gasteiger partial charge in [0.05, 0.1) is 17.5 Å². The van der Waals surface area contributed by atoms with Gasteiger partial charge in [-0.25, -0.2) is 4.68 Å². The summed E-state index contributed by atoms with van der Waals surface area (Å²) in [5.74, 6) is 0.0650. The zero-order chi connectivity index (χ0) is 18.6. The maximum atomic E-state index is 11.3. The van der Waals surface area contributed by atoms with E-state index in [0.29, 0.717) is 29.2 Å². The fraction of sp³-hybridized carbons (Fsp3) is 0.300. The van der Waals surface area contributed by atoms with Crippen LogP contribution in [0.4, 0.5) is 0 Å². The van der Waals surface area contributed by atoms with E-state index in [1.54, 1.807) is 18.3 Å². The molecule has 0 saturated carbocycles. The lowest BCUT2D eigenvalue weighted by Gasteiger charge is -2.28. The monoisotopic (exact) mass is 371 g/mol. The molecule has 1 aromatic heterocycles. The number of nitrogens with zero attached hydrogens (tertiary/aromatic N) is 3. The molecule has 136 valence electrons. The van der Waals surface area contributed by atoms with Crippen LogP contribution in [0.5, 0.6) is 5.75 Å². The first-order valence-corrected chi connectivity index (χ1v) is 9.07. The van der Waals surface area contributed by atoms with Gasteiger partial charge < -0.3 is 10.2 Å². The van der Waals surface area contributed by atoms with Gasteiger partial charge in [-0.3, -0.25) is 0 Å². The van der Waals surface area contributed by atoms with Gasteiger partial charge in [-0.2, -0.15) is 0 Å².